The van der Waals surface area contributed by atoms with Crippen LogP contribution in [0.25, 0.3) is 11.4 Å². The van der Waals surface area contributed by atoms with E-state index < -0.39 is 11.6 Å². The quantitative estimate of drug-likeness (QED) is 0.834. The number of nitrogens with one attached hydrogen (secondary N) is 1. The summed E-state index contributed by atoms with van der Waals surface area (Å²) in [5.41, 5.74) is 6.00. The third-order valence-corrected chi connectivity index (χ3v) is 2.24. The molecular formula is C11H11F2N3. The summed E-state index contributed by atoms with van der Waals surface area (Å²) in [4.78, 5) is 6.78. The number of aromatic amines is 1. The minimum Gasteiger partial charge on any atom is -0.342 e. The fraction of sp³-hybridized carbons (Fsp3) is 0.182. The third kappa shape index (κ3) is 1.94. The highest BCUT2D eigenvalue weighted by Crippen LogP contribution is 2.22. The van der Waals surface area contributed by atoms with Crippen LogP contribution in [0.2, 0.25) is 0 Å². The average Bonchev–Trinajstić information content (AvgIpc) is 2.67. The average molecular weight is 223 g/mol. The second-order valence-electron chi connectivity index (χ2n) is 3.39. The largest absolute Gasteiger partial charge is 0.342 e. The molecule has 84 valence electrons. The van der Waals surface area contributed by atoms with Gasteiger partial charge in [-0.2, -0.15) is 0 Å². The second kappa shape index (κ2) is 4.40. The number of halogens is 2. The summed E-state index contributed by atoms with van der Waals surface area (Å²) in [5.74, 6) is -1.07. The Kier molecular flexibility index (Phi) is 2.96. The van der Waals surface area contributed by atoms with E-state index >= 15 is 0 Å². The highest BCUT2D eigenvalue weighted by molar-refractivity contribution is 5.57. The maximum absolute atomic E-state index is 13.4. The Labute approximate surface area is 91.3 Å². The van der Waals surface area contributed by atoms with E-state index in [1.807, 2.05) is 0 Å². The minimum atomic E-state index is -0.631. The van der Waals surface area contributed by atoms with Crippen LogP contribution in [0.5, 0.6) is 0 Å². The van der Waals surface area contributed by atoms with E-state index in [1.165, 1.54) is 24.4 Å². The van der Waals surface area contributed by atoms with Crippen molar-refractivity contribution < 1.29 is 8.78 Å². The number of hydrogen-bond acceptors (Lipinski definition) is 2. The summed E-state index contributed by atoms with van der Waals surface area (Å²) in [5, 5.41) is 0. The molecule has 0 amide bonds. The number of imidazole rings is 1. The molecule has 1 heterocycles. The fourth-order valence-electron chi connectivity index (χ4n) is 1.49. The minimum absolute atomic E-state index is 0.134. The van der Waals surface area contributed by atoms with E-state index in [4.69, 9.17) is 5.73 Å². The van der Waals surface area contributed by atoms with Crippen LogP contribution in [-0.4, -0.2) is 16.5 Å². The monoisotopic (exact) mass is 223 g/mol. The Bertz CT molecular complexity index is 473. The van der Waals surface area contributed by atoms with Gasteiger partial charge in [0.2, 0.25) is 0 Å². The van der Waals surface area contributed by atoms with Crippen LogP contribution in [0.15, 0.2) is 24.4 Å². The van der Waals surface area contributed by atoms with Gasteiger partial charge in [0.15, 0.2) is 0 Å². The van der Waals surface area contributed by atoms with Crippen LogP contribution >= 0.6 is 0 Å². The van der Waals surface area contributed by atoms with Gasteiger partial charge < -0.3 is 10.7 Å². The highest BCUT2D eigenvalue weighted by Gasteiger charge is 2.13. The van der Waals surface area contributed by atoms with Crippen molar-refractivity contribution in [3.05, 3.63) is 41.7 Å². The van der Waals surface area contributed by atoms with E-state index in [0.29, 0.717) is 13.0 Å². The molecule has 16 heavy (non-hydrogen) atoms. The number of nitrogens with zero attached hydrogens (tertiary/aromatic N) is 1. The molecule has 0 aliphatic rings. The van der Waals surface area contributed by atoms with Gasteiger partial charge in [0.1, 0.15) is 17.5 Å². The van der Waals surface area contributed by atoms with Gasteiger partial charge in [-0.25, -0.2) is 13.8 Å². The van der Waals surface area contributed by atoms with Gasteiger partial charge in [-0.15, -0.1) is 0 Å². The van der Waals surface area contributed by atoms with Crippen LogP contribution in [0, 0.1) is 11.6 Å². The van der Waals surface area contributed by atoms with Crippen molar-refractivity contribution in [1.29, 1.82) is 0 Å². The van der Waals surface area contributed by atoms with Crippen molar-refractivity contribution in [3.63, 3.8) is 0 Å². The molecule has 0 radical (unpaired) electrons. The molecule has 0 aliphatic heterocycles. The second-order valence-corrected chi connectivity index (χ2v) is 3.39. The zero-order valence-corrected chi connectivity index (χ0v) is 8.50. The van der Waals surface area contributed by atoms with Gasteiger partial charge in [-0.05, 0) is 18.7 Å². The first-order chi connectivity index (χ1) is 7.72. The third-order valence-electron chi connectivity index (χ3n) is 2.24. The topological polar surface area (TPSA) is 54.7 Å². The smallest absolute Gasteiger partial charge is 0.143 e. The number of benzene rings is 1. The van der Waals surface area contributed by atoms with Gasteiger partial charge in [0.25, 0.3) is 0 Å². The molecule has 2 aromatic rings. The number of H-pyrrole nitrogens is 1. The number of nitrogens with two attached hydrogens (primary N) is 1. The Hall–Kier alpha value is -1.75. The molecule has 1 aromatic heterocycles. The molecule has 0 atom stereocenters. The molecule has 0 bridgehead atoms. The maximum atomic E-state index is 13.4. The summed E-state index contributed by atoms with van der Waals surface area (Å²) >= 11 is 0. The van der Waals surface area contributed by atoms with Gasteiger partial charge >= 0.3 is 0 Å². The Balaban J connectivity index is 2.42. The van der Waals surface area contributed by atoms with Crippen molar-refractivity contribution in [1.82, 2.24) is 9.97 Å². The fourth-order valence-corrected chi connectivity index (χ4v) is 1.49. The zero-order chi connectivity index (χ0) is 11.5. The van der Waals surface area contributed by atoms with Gasteiger partial charge in [-0.3, -0.25) is 0 Å². The molecule has 0 aliphatic carbocycles. The normalized spacial score (nSPS) is 10.7. The van der Waals surface area contributed by atoms with Crippen LogP contribution < -0.4 is 5.73 Å². The van der Waals surface area contributed by atoms with Crippen molar-refractivity contribution in [3.8, 4) is 11.4 Å². The standard InChI is InChI=1S/C11H11F2N3/c12-8-2-1-3-9(13)10(8)11-15-6-7(16-11)4-5-14/h1-3,6H,4-5,14H2,(H,15,16). The van der Waals surface area contributed by atoms with E-state index in [-0.39, 0.29) is 11.4 Å². The molecule has 3 N–H and O–H groups in total. The van der Waals surface area contributed by atoms with Crippen LogP contribution in [0.1, 0.15) is 5.69 Å². The van der Waals surface area contributed by atoms with E-state index in [0.717, 1.165) is 5.69 Å². The molecule has 0 saturated carbocycles. The number of hydrogen-bond donors (Lipinski definition) is 2. The maximum Gasteiger partial charge on any atom is 0.143 e. The molecule has 0 fully saturated rings. The molecule has 3 nitrogen and oxygen atoms in total. The Morgan fingerprint density at radius 1 is 1.25 bits per heavy atom. The summed E-state index contributed by atoms with van der Waals surface area (Å²) < 4.78 is 26.8. The molecule has 0 unspecified atom stereocenters. The lowest BCUT2D eigenvalue weighted by molar-refractivity contribution is 0.588. The predicted molar refractivity (Wildman–Crippen MR) is 56.7 cm³/mol. The SMILES string of the molecule is NCCc1cnc(-c2c(F)cccc2F)[nH]1. The molecule has 0 saturated heterocycles. The van der Waals surface area contributed by atoms with E-state index in [2.05, 4.69) is 9.97 Å². The number of aromatic nitrogens is 2. The summed E-state index contributed by atoms with van der Waals surface area (Å²) in [6.07, 6.45) is 2.14. The molecule has 1 aromatic carbocycles. The van der Waals surface area contributed by atoms with Gasteiger partial charge in [-0.1, -0.05) is 6.07 Å². The van der Waals surface area contributed by atoms with Crippen LogP contribution in [-0.2, 0) is 6.42 Å². The highest BCUT2D eigenvalue weighted by atomic mass is 19.1. The Morgan fingerprint density at radius 3 is 2.56 bits per heavy atom. The summed E-state index contributed by atoms with van der Waals surface area (Å²) in [6.45, 7) is 0.460. The molecule has 5 heteroatoms. The molecule has 2 rings (SSSR count). The van der Waals surface area contributed by atoms with Crippen molar-refractivity contribution in [2.24, 2.45) is 5.73 Å². The molecule has 0 spiro atoms. The zero-order valence-electron chi connectivity index (χ0n) is 8.50. The van der Waals surface area contributed by atoms with Gasteiger partial charge in [0, 0.05) is 18.3 Å². The Morgan fingerprint density at radius 2 is 1.94 bits per heavy atom. The van der Waals surface area contributed by atoms with Crippen molar-refractivity contribution in [2.75, 3.05) is 6.54 Å². The van der Waals surface area contributed by atoms with E-state index in [1.54, 1.807) is 0 Å². The van der Waals surface area contributed by atoms with Crippen molar-refractivity contribution in [2.45, 2.75) is 6.42 Å². The van der Waals surface area contributed by atoms with Crippen LogP contribution in [0.3, 0.4) is 0 Å². The lowest BCUT2D eigenvalue weighted by Gasteiger charge is -2.00. The first kappa shape index (κ1) is 10.8. The van der Waals surface area contributed by atoms with E-state index in [9.17, 15) is 8.78 Å². The molecular weight excluding hydrogens is 212 g/mol. The lowest BCUT2D eigenvalue weighted by Crippen LogP contribution is -2.02. The number of rotatable bonds is 3. The summed E-state index contributed by atoms with van der Waals surface area (Å²) in [7, 11) is 0. The lowest BCUT2D eigenvalue weighted by atomic mass is 10.2. The first-order valence-corrected chi connectivity index (χ1v) is 4.90. The first-order valence-electron chi connectivity index (χ1n) is 4.90. The summed E-state index contributed by atoms with van der Waals surface area (Å²) in [6, 6.07) is 3.71. The predicted octanol–water partition coefficient (Wildman–Crippen LogP) is 1.86. The van der Waals surface area contributed by atoms with Gasteiger partial charge in [0.05, 0.1) is 5.56 Å². The van der Waals surface area contributed by atoms with Crippen LogP contribution in [0.4, 0.5) is 8.78 Å². The van der Waals surface area contributed by atoms with Crippen molar-refractivity contribution >= 4 is 0 Å².